The summed E-state index contributed by atoms with van der Waals surface area (Å²) in [5, 5.41) is 0. The Bertz CT molecular complexity index is 487. The van der Waals surface area contributed by atoms with E-state index in [1.807, 2.05) is 29.2 Å². The number of hydrogen-bond acceptors (Lipinski definition) is 3. The molecule has 108 valence electrons. The fraction of sp³-hybridized carbons (Fsp3) is 0.467. The topological polar surface area (TPSA) is 55.6 Å². The number of rotatable bonds is 6. The molecule has 20 heavy (non-hydrogen) atoms. The monoisotopic (exact) mass is 292 g/mol. The van der Waals surface area contributed by atoms with Gasteiger partial charge in [0.25, 0.3) is 0 Å². The third kappa shape index (κ3) is 3.70. The second kappa shape index (κ2) is 6.70. The molecule has 0 radical (unpaired) electrons. The minimum absolute atomic E-state index is 0.240. The van der Waals surface area contributed by atoms with E-state index in [1.54, 1.807) is 0 Å². The summed E-state index contributed by atoms with van der Waals surface area (Å²) < 4.78 is 5.64. The highest BCUT2D eigenvalue weighted by Gasteiger charge is 2.27. The van der Waals surface area contributed by atoms with Crippen molar-refractivity contribution in [3.63, 3.8) is 0 Å². The van der Waals surface area contributed by atoms with E-state index in [0.29, 0.717) is 30.5 Å². The number of hydrogen-bond donors (Lipinski definition) is 1. The van der Waals surface area contributed by atoms with Crippen LogP contribution in [0.2, 0.25) is 0 Å². The first-order valence-electron chi connectivity index (χ1n) is 6.90. The molecule has 0 saturated carbocycles. The van der Waals surface area contributed by atoms with Crippen LogP contribution in [0.5, 0.6) is 5.75 Å². The maximum Gasteiger partial charge on any atom is 0.223 e. The normalized spacial score (nSPS) is 18.4. The predicted molar refractivity (Wildman–Crippen MR) is 82.8 cm³/mol. The number of ether oxygens (including phenoxy) is 1. The molecule has 1 atom stereocenters. The number of likely N-dealkylation sites (tertiary alicyclic amines) is 1. The number of nitrogens with two attached hydrogens (primary N) is 1. The van der Waals surface area contributed by atoms with E-state index >= 15 is 0 Å². The molecule has 1 fully saturated rings. The van der Waals surface area contributed by atoms with Gasteiger partial charge in [-0.15, -0.1) is 0 Å². The molecule has 0 aromatic heterocycles. The molecular formula is C15H20N2O2S. The van der Waals surface area contributed by atoms with Crippen LogP contribution in [0.1, 0.15) is 25.3 Å². The van der Waals surface area contributed by atoms with Crippen molar-refractivity contribution in [3.8, 4) is 5.75 Å². The van der Waals surface area contributed by atoms with Gasteiger partial charge in [0.05, 0.1) is 6.54 Å². The molecule has 4 nitrogen and oxygen atoms in total. The predicted octanol–water partition coefficient (Wildman–Crippen LogP) is 1.96. The molecular weight excluding hydrogens is 272 g/mol. The first kappa shape index (κ1) is 14.8. The zero-order valence-electron chi connectivity index (χ0n) is 11.7. The second-order valence-electron chi connectivity index (χ2n) is 5.06. The van der Waals surface area contributed by atoms with E-state index in [2.05, 4.69) is 6.92 Å². The van der Waals surface area contributed by atoms with Gasteiger partial charge in [0.1, 0.15) is 17.3 Å². The first-order valence-corrected chi connectivity index (χ1v) is 7.31. The van der Waals surface area contributed by atoms with Crippen molar-refractivity contribution in [2.75, 3.05) is 19.7 Å². The van der Waals surface area contributed by atoms with Crippen molar-refractivity contribution in [1.82, 2.24) is 4.90 Å². The second-order valence-corrected chi connectivity index (χ2v) is 5.50. The summed E-state index contributed by atoms with van der Waals surface area (Å²) in [5.74, 6) is 1.51. The van der Waals surface area contributed by atoms with Gasteiger partial charge in [-0.2, -0.15) is 0 Å². The summed E-state index contributed by atoms with van der Waals surface area (Å²) in [4.78, 5) is 14.0. The first-order chi connectivity index (χ1) is 9.60. The summed E-state index contributed by atoms with van der Waals surface area (Å²) in [7, 11) is 0. The molecule has 0 aliphatic carbocycles. The van der Waals surface area contributed by atoms with Gasteiger partial charge in [0.2, 0.25) is 5.91 Å². The lowest BCUT2D eigenvalue weighted by atomic mass is 10.1. The van der Waals surface area contributed by atoms with Gasteiger partial charge in [-0.25, -0.2) is 0 Å². The zero-order valence-corrected chi connectivity index (χ0v) is 12.5. The molecule has 2 rings (SSSR count). The van der Waals surface area contributed by atoms with Crippen LogP contribution in [-0.4, -0.2) is 35.5 Å². The van der Waals surface area contributed by atoms with Crippen molar-refractivity contribution < 1.29 is 9.53 Å². The van der Waals surface area contributed by atoms with Crippen molar-refractivity contribution >= 4 is 23.1 Å². The summed E-state index contributed by atoms with van der Waals surface area (Å²) in [5.41, 5.74) is 6.36. The number of amides is 1. The highest BCUT2D eigenvalue weighted by Crippen LogP contribution is 2.20. The van der Waals surface area contributed by atoms with E-state index in [-0.39, 0.29) is 5.91 Å². The molecule has 1 aromatic rings. The molecule has 0 bridgehead atoms. The minimum atomic E-state index is 0.240. The van der Waals surface area contributed by atoms with Crippen molar-refractivity contribution in [3.05, 3.63) is 29.8 Å². The Morgan fingerprint density at radius 2 is 2.15 bits per heavy atom. The smallest absolute Gasteiger partial charge is 0.223 e. The zero-order chi connectivity index (χ0) is 14.5. The van der Waals surface area contributed by atoms with Gasteiger partial charge >= 0.3 is 0 Å². The average molecular weight is 292 g/mol. The number of thiocarbonyl (C=S) groups is 1. The SMILES string of the molecule is CCC1CC(=O)N(CCOc2ccc(C(N)=S)cc2)C1. The summed E-state index contributed by atoms with van der Waals surface area (Å²) in [6, 6.07) is 7.36. The maximum atomic E-state index is 11.7. The largest absolute Gasteiger partial charge is 0.492 e. The lowest BCUT2D eigenvalue weighted by molar-refractivity contribution is -0.128. The van der Waals surface area contributed by atoms with Gasteiger partial charge in [0.15, 0.2) is 0 Å². The molecule has 1 aromatic carbocycles. The minimum Gasteiger partial charge on any atom is -0.492 e. The fourth-order valence-electron chi connectivity index (χ4n) is 2.33. The van der Waals surface area contributed by atoms with Gasteiger partial charge in [-0.3, -0.25) is 4.79 Å². The molecule has 5 heteroatoms. The third-order valence-corrected chi connectivity index (χ3v) is 3.88. The van der Waals surface area contributed by atoms with Crippen LogP contribution < -0.4 is 10.5 Å². The number of carbonyl (C=O) groups excluding carboxylic acids is 1. The van der Waals surface area contributed by atoms with Gasteiger partial charge < -0.3 is 15.4 Å². The highest BCUT2D eigenvalue weighted by atomic mass is 32.1. The molecule has 1 amide bonds. The lowest BCUT2D eigenvalue weighted by Crippen LogP contribution is -2.29. The van der Waals surface area contributed by atoms with E-state index < -0.39 is 0 Å². The average Bonchev–Trinajstić information content (AvgIpc) is 2.80. The molecule has 2 N–H and O–H groups in total. The van der Waals surface area contributed by atoms with E-state index in [0.717, 1.165) is 24.3 Å². The molecule has 1 saturated heterocycles. The van der Waals surface area contributed by atoms with E-state index in [9.17, 15) is 4.79 Å². The van der Waals surface area contributed by atoms with Crippen LogP contribution in [-0.2, 0) is 4.79 Å². The third-order valence-electron chi connectivity index (χ3n) is 3.64. The van der Waals surface area contributed by atoms with E-state index in [1.165, 1.54) is 0 Å². The van der Waals surface area contributed by atoms with Gasteiger partial charge in [-0.05, 0) is 30.2 Å². The molecule has 1 aliphatic heterocycles. The van der Waals surface area contributed by atoms with Crippen molar-refractivity contribution in [2.24, 2.45) is 11.7 Å². The molecule has 0 spiro atoms. The van der Waals surface area contributed by atoms with Crippen LogP contribution in [0.4, 0.5) is 0 Å². The van der Waals surface area contributed by atoms with Crippen LogP contribution in [0, 0.1) is 5.92 Å². The molecule has 1 aliphatic rings. The maximum absolute atomic E-state index is 11.7. The lowest BCUT2D eigenvalue weighted by Gasteiger charge is -2.16. The highest BCUT2D eigenvalue weighted by molar-refractivity contribution is 7.80. The van der Waals surface area contributed by atoms with Crippen LogP contribution >= 0.6 is 12.2 Å². The Balaban J connectivity index is 1.78. The number of carbonyl (C=O) groups is 1. The summed E-state index contributed by atoms with van der Waals surface area (Å²) in [6.45, 7) is 4.14. The Kier molecular flexibility index (Phi) is 4.95. The summed E-state index contributed by atoms with van der Waals surface area (Å²) in [6.07, 6.45) is 1.74. The Labute approximate surface area is 124 Å². The van der Waals surface area contributed by atoms with Crippen LogP contribution in [0.15, 0.2) is 24.3 Å². The number of benzene rings is 1. The van der Waals surface area contributed by atoms with Gasteiger partial charge in [-0.1, -0.05) is 25.6 Å². The van der Waals surface area contributed by atoms with Crippen LogP contribution in [0.25, 0.3) is 0 Å². The van der Waals surface area contributed by atoms with Crippen molar-refractivity contribution in [1.29, 1.82) is 0 Å². The standard InChI is InChI=1S/C15H20N2O2S/c1-2-11-9-14(18)17(10-11)7-8-19-13-5-3-12(4-6-13)15(16)20/h3-6,11H,2,7-10H2,1H3,(H2,16,20). The summed E-state index contributed by atoms with van der Waals surface area (Å²) >= 11 is 4.89. The van der Waals surface area contributed by atoms with Crippen molar-refractivity contribution in [2.45, 2.75) is 19.8 Å². The quantitative estimate of drug-likeness (QED) is 0.814. The molecule has 1 heterocycles. The fourth-order valence-corrected chi connectivity index (χ4v) is 2.47. The molecule has 1 unspecified atom stereocenters. The number of nitrogens with zero attached hydrogens (tertiary/aromatic N) is 1. The Morgan fingerprint density at radius 1 is 1.45 bits per heavy atom. The van der Waals surface area contributed by atoms with E-state index in [4.69, 9.17) is 22.7 Å². The van der Waals surface area contributed by atoms with Crippen LogP contribution in [0.3, 0.4) is 0 Å². The Morgan fingerprint density at radius 3 is 2.70 bits per heavy atom. The van der Waals surface area contributed by atoms with Gasteiger partial charge in [0, 0.05) is 18.5 Å². The Hall–Kier alpha value is -1.62.